The van der Waals surface area contributed by atoms with Gasteiger partial charge in [0.15, 0.2) is 16.1 Å². The highest BCUT2D eigenvalue weighted by molar-refractivity contribution is 7.91. The van der Waals surface area contributed by atoms with E-state index in [1.54, 1.807) is 0 Å². The van der Waals surface area contributed by atoms with Crippen LogP contribution < -0.4 is 0 Å². The fraction of sp³-hybridized carbons (Fsp3) is 0.571. The van der Waals surface area contributed by atoms with Crippen LogP contribution in [-0.4, -0.2) is 38.6 Å². The molecule has 22 heavy (non-hydrogen) atoms. The van der Waals surface area contributed by atoms with Crippen molar-refractivity contribution in [2.24, 2.45) is 0 Å². The van der Waals surface area contributed by atoms with Crippen molar-refractivity contribution in [3.63, 3.8) is 0 Å². The summed E-state index contributed by atoms with van der Waals surface area (Å²) < 4.78 is 35.0. The summed E-state index contributed by atoms with van der Waals surface area (Å²) in [7, 11) is -3.46. The highest BCUT2D eigenvalue weighted by Gasteiger charge is 2.17. The summed E-state index contributed by atoms with van der Waals surface area (Å²) in [6.07, 6.45) is 0.472. The maximum atomic E-state index is 12.2. The fourth-order valence-electron chi connectivity index (χ4n) is 1.92. The molecule has 0 atom stereocenters. The van der Waals surface area contributed by atoms with Crippen LogP contribution in [0.5, 0.6) is 0 Å². The third-order valence-corrected chi connectivity index (χ3v) is 4.78. The van der Waals surface area contributed by atoms with E-state index in [9.17, 15) is 18.5 Å². The van der Waals surface area contributed by atoms with Crippen molar-refractivity contribution in [3.8, 4) is 0 Å². The third-order valence-electron chi connectivity index (χ3n) is 2.96. The second-order valence-corrected chi connectivity index (χ2v) is 6.66. The molecule has 124 valence electrons. The topological polar surface area (TPSA) is 95.7 Å². The van der Waals surface area contributed by atoms with Gasteiger partial charge in [-0.1, -0.05) is 0 Å². The first kappa shape index (κ1) is 18.5. The van der Waals surface area contributed by atoms with Crippen LogP contribution in [0.4, 0.5) is 5.69 Å². The first-order valence-electron chi connectivity index (χ1n) is 7.11. The average Bonchev–Trinajstić information content (AvgIpc) is 2.47. The molecule has 0 fully saturated rings. The number of nitro groups is 1. The highest BCUT2D eigenvalue weighted by Crippen LogP contribution is 2.18. The first-order chi connectivity index (χ1) is 10.4. The Morgan fingerprint density at radius 1 is 1.14 bits per heavy atom. The van der Waals surface area contributed by atoms with E-state index >= 15 is 0 Å². The van der Waals surface area contributed by atoms with Gasteiger partial charge in [-0.3, -0.25) is 10.1 Å². The number of hydrogen-bond donors (Lipinski definition) is 0. The lowest BCUT2D eigenvalue weighted by Gasteiger charge is -2.16. The monoisotopic (exact) mass is 331 g/mol. The molecule has 1 aromatic rings. The molecule has 0 saturated carbocycles. The molecule has 0 amide bonds. The zero-order chi connectivity index (χ0) is 16.6. The van der Waals surface area contributed by atoms with Crippen LogP contribution >= 0.6 is 0 Å². The summed E-state index contributed by atoms with van der Waals surface area (Å²) in [6, 6.07) is 4.90. The van der Waals surface area contributed by atoms with Gasteiger partial charge in [-0.2, -0.15) is 0 Å². The lowest BCUT2D eigenvalue weighted by molar-refractivity contribution is -0.384. The summed E-state index contributed by atoms with van der Waals surface area (Å²) >= 11 is 0. The number of sulfone groups is 1. The molecule has 0 radical (unpaired) electrons. The molecule has 0 aliphatic carbocycles. The van der Waals surface area contributed by atoms with Crippen molar-refractivity contribution in [1.29, 1.82) is 0 Å². The molecule has 0 spiro atoms. The van der Waals surface area contributed by atoms with Gasteiger partial charge in [0.1, 0.15) is 0 Å². The van der Waals surface area contributed by atoms with E-state index < -0.39 is 21.1 Å². The van der Waals surface area contributed by atoms with Crippen LogP contribution in [0.3, 0.4) is 0 Å². The summed E-state index contributed by atoms with van der Waals surface area (Å²) in [5.41, 5.74) is -0.133. The molecule has 0 aliphatic rings. The van der Waals surface area contributed by atoms with Crippen molar-refractivity contribution < 1.29 is 22.8 Å². The van der Waals surface area contributed by atoms with Crippen LogP contribution in [0.15, 0.2) is 29.2 Å². The van der Waals surface area contributed by atoms with E-state index in [1.165, 1.54) is 24.3 Å². The van der Waals surface area contributed by atoms with Crippen LogP contribution in [0, 0.1) is 10.1 Å². The molecular formula is C14H21NO6S. The molecule has 0 bridgehead atoms. The molecule has 0 heterocycles. The number of nitrogens with zero attached hydrogens (tertiary/aromatic N) is 1. The van der Waals surface area contributed by atoms with Crippen LogP contribution in [0.2, 0.25) is 0 Å². The quantitative estimate of drug-likeness (QED) is 0.371. The Morgan fingerprint density at radius 3 is 2.14 bits per heavy atom. The van der Waals surface area contributed by atoms with E-state index in [1.807, 2.05) is 13.8 Å². The zero-order valence-corrected chi connectivity index (χ0v) is 13.5. The van der Waals surface area contributed by atoms with Gasteiger partial charge in [0.2, 0.25) is 0 Å². The maximum Gasteiger partial charge on any atom is 0.269 e. The third kappa shape index (κ3) is 5.70. The summed E-state index contributed by atoms with van der Waals surface area (Å²) in [5.74, 6) is -0.0541. The van der Waals surface area contributed by atoms with Gasteiger partial charge in [-0.15, -0.1) is 0 Å². The van der Waals surface area contributed by atoms with Crippen molar-refractivity contribution in [2.75, 3.05) is 19.0 Å². The molecule has 0 aliphatic heterocycles. The van der Waals surface area contributed by atoms with Crippen LogP contribution in [0.1, 0.15) is 26.7 Å². The fourth-order valence-corrected chi connectivity index (χ4v) is 3.25. The molecule has 1 aromatic carbocycles. The van der Waals surface area contributed by atoms with E-state index in [0.29, 0.717) is 26.1 Å². The molecule has 1 rings (SSSR count). The standard InChI is InChI=1S/C14H21NO6S/c1-3-20-14(21-4-2)6-5-11-22(18,19)13-9-7-12(8-10-13)15(16)17/h7-10,14H,3-6,11H2,1-2H3. The number of benzene rings is 1. The Hall–Kier alpha value is -1.51. The summed E-state index contributed by atoms with van der Waals surface area (Å²) in [4.78, 5) is 10.1. The van der Waals surface area contributed by atoms with Crippen molar-refractivity contribution in [2.45, 2.75) is 37.9 Å². The predicted octanol–water partition coefficient (Wildman–Crippen LogP) is 2.55. The second kappa shape index (κ2) is 8.82. The number of ether oxygens (including phenoxy) is 2. The summed E-state index contributed by atoms with van der Waals surface area (Å²) in [5, 5.41) is 10.6. The normalized spacial score (nSPS) is 11.8. The Labute approximate surface area is 130 Å². The first-order valence-corrected chi connectivity index (χ1v) is 8.76. The van der Waals surface area contributed by atoms with Gasteiger partial charge in [0.05, 0.1) is 15.6 Å². The van der Waals surface area contributed by atoms with E-state index in [0.717, 1.165) is 0 Å². The Morgan fingerprint density at radius 2 is 1.68 bits per heavy atom. The minimum absolute atomic E-state index is 0.0541. The van der Waals surface area contributed by atoms with Crippen molar-refractivity contribution in [1.82, 2.24) is 0 Å². The van der Waals surface area contributed by atoms with Crippen molar-refractivity contribution >= 4 is 15.5 Å². The zero-order valence-electron chi connectivity index (χ0n) is 12.7. The largest absolute Gasteiger partial charge is 0.353 e. The molecule has 0 N–H and O–H groups in total. The smallest absolute Gasteiger partial charge is 0.269 e. The average molecular weight is 331 g/mol. The van der Waals surface area contributed by atoms with Gasteiger partial charge in [-0.25, -0.2) is 8.42 Å². The second-order valence-electron chi connectivity index (χ2n) is 4.55. The number of rotatable bonds is 10. The lowest BCUT2D eigenvalue weighted by Crippen LogP contribution is -2.19. The van der Waals surface area contributed by atoms with Gasteiger partial charge >= 0.3 is 0 Å². The molecule has 0 aromatic heterocycles. The van der Waals surface area contributed by atoms with E-state index in [4.69, 9.17) is 9.47 Å². The molecule has 0 saturated heterocycles. The number of nitro benzene ring substituents is 1. The minimum atomic E-state index is -3.46. The summed E-state index contributed by atoms with van der Waals surface area (Å²) in [6.45, 7) is 4.69. The highest BCUT2D eigenvalue weighted by atomic mass is 32.2. The Bertz CT molecular complexity index is 564. The Balaban J connectivity index is 2.61. The van der Waals surface area contributed by atoms with E-state index in [-0.39, 0.29) is 16.3 Å². The molecule has 7 nitrogen and oxygen atoms in total. The Kier molecular flexibility index (Phi) is 7.43. The van der Waals surface area contributed by atoms with Crippen LogP contribution in [0.25, 0.3) is 0 Å². The van der Waals surface area contributed by atoms with Gasteiger partial charge in [0.25, 0.3) is 5.69 Å². The van der Waals surface area contributed by atoms with Gasteiger partial charge < -0.3 is 9.47 Å². The van der Waals surface area contributed by atoms with Crippen LogP contribution in [-0.2, 0) is 19.3 Å². The number of non-ortho nitro benzene ring substituents is 1. The minimum Gasteiger partial charge on any atom is -0.353 e. The maximum absolute atomic E-state index is 12.2. The van der Waals surface area contributed by atoms with E-state index in [2.05, 4.69) is 0 Å². The molecule has 8 heteroatoms. The lowest BCUT2D eigenvalue weighted by atomic mass is 10.3. The van der Waals surface area contributed by atoms with Crippen molar-refractivity contribution in [3.05, 3.63) is 34.4 Å². The van der Waals surface area contributed by atoms with Gasteiger partial charge in [0, 0.05) is 25.3 Å². The predicted molar refractivity (Wildman–Crippen MR) is 81.4 cm³/mol. The number of hydrogen-bond acceptors (Lipinski definition) is 6. The molecular weight excluding hydrogens is 310 g/mol. The SMILES string of the molecule is CCOC(CCCS(=O)(=O)c1ccc([N+](=O)[O-])cc1)OCC. The van der Waals surface area contributed by atoms with Gasteiger partial charge in [-0.05, 0) is 38.8 Å². The molecule has 0 unspecified atom stereocenters.